The number of phenols is 1. The van der Waals surface area contributed by atoms with E-state index in [4.69, 9.17) is 25.8 Å². The SMILES string of the molecule is CCCCN[C@@H](Cc1ccc(O)cc1)C(=O)O.N[C@@H](Cc1ccc(OCc2ccccc2)cc1)C(=O)O. The summed E-state index contributed by atoms with van der Waals surface area (Å²) in [6.07, 6.45) is 2.76. The highest BCUT2D eigenvalue weighted by molar-refractivity contribution is 5.74. The molecule has 0 fully saturated rings. The van der Waals surface area contributed by atoms with Crippen LogP contribution in [0.3, 0.4) is 0 Å². The van der Waals surface area contributed by atoms with Gasteiger partial charge in [0.05, 0.1) is 0 Å². The maximum absolute atomic E-state index is 11.1. The van der Waals surface area contributed by atoms with Crippen molar-refractivity contribution in [3.05, 3.63) is 95.6 Å². The van der Waals surface area contributed by atoms with Crippen molar-refractivity contribution in [2.75, 3.05) is 6.54 Å². The van der Waals surface area contributed by atoms with Crippen molar-refractivity contribution in [2.24, 2.45) is 5.73 Å². The second-order valence-corrected chi connectivity index (χ2v) is 8.64. The Labute approximate surface area is 217 Å². The minimum Gasteiger partial charge on any atom is -0.508 e. The molecule has 0 amide bonds. The van der Waals surface area contributed by atoms with Gasteiger partial charge in [-0.25, -0.2) is 0 Å². The molecule has 0 aromatic heterocycles. The van der Waals surface area contributed by atoms with E-state index in [-0.39, 0.29) is 5.75 Å². The van der Waals surface area contributed by atoms with Crippen molar-refractivity contribution in [3.63, 3.8) is 0 Å². The summed E-state index contributed by atoms with van der Waals surface area (Å²) in [7, 11) is 0. The number of benzene rings is 3. The molecule has 0 saturated heterocycles. The number of phenolic OH excluding ortho intramolecular Hbond substituents is 1. The van der Waals surface area contributed by atoms with Gasteiger partial charge in [0.2, 0.25) is 0 Å². The van der Waals surface area contributed by atoms with Crippen LogP contribution >= 0.6 is 0 Å². The number of nitrogens with two attached hydrogens (primary N) is 1. The molecule has 0 aliphatic rings. The third-order valence-electron chi connectivity index (χ3n) is 5.54. The van der Waals surface area contributed by atoms with Gasteiger partial charge in [-0.1, -0.05) is 67.9 Å². The van der Waals surface area contributed by atoms with Gasteiger partial charge in [-0.3, -0.25) is 9.59 Å². The molecule has 37 heavy (non-hydrogen) atoms. The Hall–Kier alpha value is -3.88. The summed E-state index contributed by atoms with van der Waals surface area (Å²) in [5.41, 5.74) is 8.38. The van der Waals surface area contributed by atoms with Gasteiger partial charge in [0.1, 0.15) is 30.2 Å². The Morgan fingerprint density at radius 2 is 1.43 bits per heavy atom. The highest BCUT2D eigenvalue weighted by Gasteiger charge is 2.16. The minimum atomic E-state index is -0.991. The summed E-state index contributed by atoms with van der Waals surface area (Å²) in [4.78, 5) is 21.7. The van der Waals surface area contributed by atoms with Gasteiger partial charge >= 0.3 is 11.9 Å². The zero-order valence-electron chi connectivity index (χ0n) is 21.0. The zero-order valence-corrected chi connectivity index (χ0v) is 21.0. The summed E-state index contributed by atoms with van der Waals surface area (Å²) in [6, 6.07) is 22.4. The molecule has 8 nitrogen and oxygen atoms in total. The molecule has 3 aromatic carbocycles. The first-order valence-electron chi connectivity index (χ1n) is 12.3. The molecule has 0 unspecified atom stereocenters. The molecule has 0 saturated carbocycles. The Kier molecular flexibility index (Phi) is 12.7. The van der Waals surface area contributed by atoms with Gasteiger partial charge in [-0.05, 0) is 66.8 Å². The lowest BCUT2D eigenvalue weighted by molar-refractivity contribution is -0.140. The highest BCUT2D eigenvalue weighted by atomic mass is 16.5. The predicted octanol–water partition coefficient (Wildman–Crippen LogP) is 4.00. The van der Waals surface area contributed by atoms with Gasteiger partial charge in [0.25, 0.3) is 0 Å². The van der Waals surface area contributed by atoms with Gasteiger partial charge in [0.15, 0.2) is 0 Å². The lowest BCUT2D eigenvalue weighted by atomic mass is 10.1. The number of nitrogens with one attached hydrogen (secondary N) is 1. The average Bonchev–Trinajstić information content (AvgIpc) is 2.90. The van der Waals surface area contributed by atoms with Crippen LogP contribution in [-0.2, 0) is 29.0 Å². The van der Waals surface area contributed by atoms with E-state index in [0.29, 0.717) is 26.0 Å². The fourth-order valence-corrected chi connectivity index (χ4v) is 3.37. The smallest absolute Gasteiger partial charge is 0.321 e. The van der Waals surface area contributed by atoms with E-state index in [1.165, 1.54) is 0 Å². The number of hydrogen-bond acceptors (Lipinski definition) is 6. The van der Waals surface area contributed by atoms with E-state index in [0.717, 1.165) is 35.3 Å². The highest BCUT2D eigenvalue weighted by Crippen LogP contribution is 2.15. The molecule has 8 heteroatoms. The number of ether oxygens (including phenoxy) is 1. The largest absolute Gasteiger partial charge is 0.508 e. The molecular weight excluding hydrogens is 472 g/mol. The Morgan fingerprint density at radius 3 is 2.00 bits per heavy atom. The van der Waals surface area contributed by atoms with Crippen molar-refractivity contribution in [1.29, 1.82) is 0 Å². The fraction of sp³-hybridized carbons (Fsp3) is 0.310. The lowest BCUT2D eigenvalue weighted by Gasteiger charge is -2.14. The summed E-state index contributed by atoms with van der Waals surface area (Å²) >= 11 is 0. The van der Waals surface area contributed by atoms with Crippen LogP contribution in [0.4, 0.5) is 0 Å². The van der Waals surface area contributed by atoms with Crippen molar-refractivity contribution in [1.82, 2.24) is 5.32 Å². The number of unbranched alkanes of at least 4 members (excludes halogenated alkanes) is 1. The summed E-state index contributed by atoms with van der Waals surface area (Å²) < 4.78 is 5.65. The number of aliphatic carboxylic acids is 2. The molecule has 0 bridgehead atoms. The molecule has 0 heterocycles. The maximum Gasteiger partial charge on any atom is 0.321 e. The summed E-state index contributed by atoms with van der Waals surface area (Å²) in [5, 5.41) is 30.0. The summed E-state index contributed by atoms with van der Waals surface area (Å²) in [5.74, 6) is -0.885. The zero-order chi connectivity index (χ0) is 27.0. The number of carboxylic acid groups (broad SMARTS) is 2. The molecule has 0 aliphatic heterocycles. The van der Waals surface area contributed by atoms with Crippen LogP contribution in [0.15, 0.2) is 78.9 Å². The van der Waals surface area contributed by atoms with Crippen molar-refractivity contribution < 1.29 is 29.6 Å². The third-order valence-corrected chi connectivity index (χ3v) is 5.54. The maximum atomic E-state index is 11.1. The second-order valence-electron chi connectivity index (χ2n) is 8.64. The van der Waals surface area contributed by atoms with Crippen LogP contribution in [-0.4, -0.2) is 45.9 Å². The fourth-order valence-electron chi connectivity index (χ4n) is 3.37. The third kappa shape index (κ3) is 11.6. The monoisotopic (exact) mass is 508 g/mol. The summed E-state index contributed by atoms with van der Waals surface area (Å²) in [6.45, 7) is 3.29. The van der Waals surface area contributed by atoms with Gasteiger partial charge in [-0.2, -0.15) is 0 Å². The van der Waals surface area contributed by atoms with Gasteiger partial charge in [-0.15, -0.1) is 0 Å². The van der Waals surface area contributed by atoms with Crippen LogP contribution in [0.2, 0.25) is 0 Å². The molecule has 3 aromatic rings. The number of carboxylic acids is 2. The topological polar surface area (TPSA) is 142 Å². The number of hydrogen-bond donors (Lipinski definition) is 5. The first-order chi connectivity index (χ1) is 17.8. The predicted molar refractivity (Wildman–Crippen MR) is 143 cm³/mol. The van der Waals surface area contributed by atoms with Crippen LogP contribution in [0.1, 0.15) is 36.5 Å². The van der Waals surface area contributed by atoms with Crippen molar-refractivity contribution in [2.45, 2.75) is 51.3 Å². The van der Waals surface area contributed by atoms with E-state index in [1.54, 1.807) is 24.3 Å². The van der Waals surface area contributed by atoms with E-state index in [1.807, 2.05) is 54.6 Å². The van der Waals surface area contributed by atoms with Crippen LogP contribution in [0, 0.1) is 0 Å². The number of rotatable bonds is 13. The molecule has 0 radical (unpaired) electrons. The van der Waals surface area contributed by atoms with Crippen LogP contribution < -0.4 is 15.8 Å². The van der Waals surface area contributed by atoms with Crippen LogP contribution in [0.5, 0.6) is 11.5 Å². The molecule has 6 N–H and O–H groups in total. The Balaban J connectivity index is 0.000000264. The van der Waals surface area contributed by atoms with Gasteiger partial charge < -0.3 is 31.1 Å². The molecule has 0 spiro atoms. The van der Waals surface area contributed by atoms with Crippen LogP contribution in [0.25, 0.3) is 0 Å². The molecule has 198 valence electrons. The van der Waals surface area contributed by atoms with Crippen molar-refractivity contribution >= 4 is 11.9 Å². The lowest BCUT2D eigenvalue weighted by Crippen LogP contribution is -2.39. The van der Waals surface area contributed by atoms with Gasteiger partial charge in [0, 0.05) is 0 Å². The average molecular weight is 509 g/mol. The first kappa shape index (κ1) is 29.4. The van der Waals surface area contributed by atoms with E-state index in [2.05, 4.69) is 12.2 Å². The first-order valence-corrected chi connectivity index (χ1v) is 12.3. The number of aromatic hydroxyl groups is 1. The Bertz CT molecular complexity index is 1070. The molecule has 2 atom stereocenters. The quantitative estimate of drug-likeness (QED) is 0.218. The minimum absolute atomic E-state index is 0.194. The molecule has 3 rings (SSSR count). The Morgan fingerprint density at radius 1 is 0.838 bits per heavy atom. The standard InChI is InChI=1S/C16H17NO3.C13H19NO3/c17-15(16(18)19)10-12-6-8-14(9-7-12)20-11-13-4-2-1-3-5-13;1-2-3-8-14-12(13(16)17)9-10-4-6-11(15)7-5-10/h1-9,15H,10-11,17H2,(H,18,19);4-7,12,14-15H,2-3,8-9H2,1H3,(H,16,17)/t15-;12-/m00/s1. The van der Waals surface area contributed by atoms with E-state index in [9.17, 15) is 9.59 Å². The number of carbonyl (C=O) groups is 2. The molecular formula is C29H36N2O6. The van der Waals surface area contributed by atoms with E-state index >= 15 is 0 Å². The molecule has 0 aliphatic carbocycles. The second kappa shape index (κ2) is 16.0. The van der Waals surface area contributed by atoms with Crippen molar-refractivity contribution in [3.8, 4) is 11.5 Å². The van der Waals surface area contributed by atoms with E-state index < -0.39 is 24.0 Å². The normalized spacial score (nSPS) is 12.1.